The van der Waals surface area contributed by atoms with Crippen LogP contribution in [0.3, 0.4) is 0 Å². The minimum absolute atomic E-state index is 0.103. The molecule has 3 fully saturated rings. The average Bonchev–Trinajstić information content (AvgIpc) is 3.72. The molecule has 0 aliphatic carbocycles. The minimum Gasteiger partial charge on any atom is -0.455 e. The molecule has 2 N–H and O–H groups in total. The fraction of sp³-hybridized carbons (Fsp3) is 0.622. The second kappa shape index (κ2) is 16.1. The van der Waals surface area contributed by atoms with Gasteiger partial charge in [-0.3, -0.25) is 19.2 Å². The summed E-state index contributed by atoms with van der Waals surface area (Å²) in [5, 5.41) is 13.6. The van der Waals surface area contributed by atoms with Crippen LogP contribution in [0.15, 0.2) is 55.6 Å². The van der Waals surface area contributed by atoms with Crippen molar-refractivity contribution in [2.24, 2.45) is 17.8 Å². The molecule has 1 spiro atoms. The molecule has 0 saturated carbocycles. The second-order valence-electron chi connectivity index (χ2n) is 13.3. The maximum absolute atomic E-state index is 14.6. The van der Waals surface area contributed by atoms with Crippen molar-refractivity contribution in [2.75, 3.05) is 19.7 Å². The molecule has 10 heteroatoms. The van der Waals surface area contributed by atoms with Gasteiger partial charge in [-0.2, -0.15) is 0 Å². The van der Waals surface area contributed by atoms with Gasteiger partial charge in [0, 0.05) is 19.5 Å². The van der Waals surface area contributed by atoms with Gasteiger partial charge in [-0.15, -0.1) is 13.2 Å². The minimum atomic E-state index is -1.22. The Kier molecular flexibility index (Phi) is 12.4. The molecular weight excluding hydrogens is 598 g/mol. The van der Waals surface area contributed by atoms with Crippen LogP contribution in [0, 0.1) is 17.8 Å². The number of aliphatic hydroxyl groups excluding tert-OH is 1. The van der Waals surface area contributed by atoms with Crippen LogP contribution < -0.4 is 5.32 Å². The molecule has 3 aliphatic rings. The number of carbonyl (C=O) groups is 4. The molecule has 258 valence electrons. The average molecular weight is 652 g/mol. The lowest BCUT2D eigenvalue weighted by Crippen LogP contribution is -2.59. The van der Waals surface area contributed by atoms with Gasteiger partial charge in [-0.25, -0.2) is 0 Å². The molecule has 3 saturated heterocycles. The SMILES string of the molecule is C=CCCC(=O)N[C@@H](C)[C@H](OC(=O)[C@@H]1[C@@H]2CC[C@]3(O2)[C@H](C(=O)N(CC=C)CCCC)N([C@@H](CO)[C@@H](C)CC)C(=O)[C@@H]13)c1ccccc1. The van der Waals surface area contributed by atoms with Gasteiger partial charge in [0.05, 0.1) is 36.6 Å². The van der Waals surface area contributed by atoms with Gasteiger partial charge >= 0.3 is 5.97 Å². The van der Waals surface area contributed by atoms with Crippen molar-refractivity contribution in [3.8, 4) is 0 Å². The number of nitrogens with one attached hydrogen (secondary N) is 1. The highest BCUT2D eigenvalue weighted by Crippen LogP contribution is 2.59. The Hall–Kier alpha value is -3.50. The van der Waals surface area contributed by atoms with Crippen molar-refractivity contribution in [2.45, 2.75) is 109 Å². The number of aliphatic hydroxyl groups is 1. The molecule has 0 aromatic heterocycles. The summed E-state index contributed by atoms with van der Waals surface area (Å²) >= 11 is 0. The van der Waals surface area contributed by atoms with Crippen LogP contribution in [0.1, 0.15) is 84.3 Å². The molecule has 9 atom stereocenters. The zero-order valence-electron chi connectivity index (χ0n) is 28.4. The maximum Gasteiger partial charge on any atom is 0.313 e. The lowest BCUT2D eigenvalue weighted by molar-refractivity contribution is -0.163. The van der Waals surface area contributed by atoms with E-state index in [2.05, 4.69) is 25.4 Å². The van der Waals surface area contributed by atoms with Gasteiger partial charge < -0.3 is 29.7 Å². The number of amides is 3. The number of ether oxygens (including phenoxy) is 2. The standard InChI is InChI=1S/C37H53N3O7/c1-7-11-18-29(42)38-25(6)32(26-16-14-13-15-17-26)46-36(45)30-28-19-20-37(47-28)31(30)34(43)40(27(23-41)24(5)10-4)33(37)35(44)39(21-9-3)22-12-8-2/h7,9,13-17,24-25,27-28,30-33,41H,1,3,8,10-12,18-23H2,2,4-6H3,(H,38,42)/t24-,25-,27-,28-,30+,31+,32-,33-,37+/m0/s1. The van der Waals surface area contributed by atoms with Crippen LogP contribution in [0.2, 0.25) is 0 Å². The van der Waals surface area contributed by atoms with E-state index in [0.29, 0.717) is 44.3 Å². The first-order chi connectivity index (χ1) is 22.6. The summed E-state index contributed by atoms with van der Waals surface area (Å²) in [5.41, 5.74) is -0.515. The van der Waals surface area contributed by atoms with E-state index < -0.39 is 53.7 Å². The lowest BCUT2D eigenvalue weighted by atomic mass is 9.70. The predicted molar refractivity (Wildman–Crippen MR) is 179 cm³/mol. The third-order valence-corrected chi connectivity index (χ3v) is 10.3. The van der Waals surface area contributed by atoms with Crippen LogP contribution in [-0.2, 0) is 28.7 Å². The number of unbranched alkanes of at least 4 members (excludes halogenated alkanes) is 1. The van der Waals surface area contributed by atoms with Crippen molar-refractivity contribution in [1.82, 2.24) is 15.1 Å². The number of allylic oxidation sites excluding steroid dienone is 1. The highest BCUT2D eigenvalue weighted by Gasteiger charge is 2.76. The van der Waals surface area contributed by atoms with Gasteiger partial charge in [0.15, 0.2) is 0 Å². The summed E-state index contributed by atoms with van der Waals surface area (Å²) < 4.78 is 12.9. The number of carbonyl (C=O) groups excluding carboxylic acids is 4. The van der Waals surface area contributed by atoms with E-state index in [4.69, 9.17) is 9.47 Å². The van der Waals surface area contributed by atoms with Gasteiger partial charge in [-0.1, -0.05) is 76.1 Å². The first-order valence-electron chi connectivity index (χ1n) is 17.3. The largest absolute Gasteiger partial charge is 0.455 e. The number of benzene rings is 1. The number of rotatable bonds is 18. The molecule has 3 amide bonds. The molecular formula is C37H53N3O7. The summed E-state index contributed by atoms with van der Waals surface area (Å²) in [6, 6.07) is 7.03. The topological polar surface area (TPSA) is 125 Å². The Labute approximate surface area is 279 Å². The molecule has 2 bridgehead atoms. The smallest absolute Gasteiger partial charge is 0.313 e. The van der Waals surface area contributed by atoms with Crippen molar-refractivity contribution in [3.63, 3.8) is 0 Å². The molecule has 3 aliphatic heterocycles. The number of nitrogens with zero attached hydrogens (tertiary/aromatic N) is 2. The second-order valence-corrected chi connectivity index (χ2v) is 13.3. The Morgan fingerprint density at radius 3 is 2.53 bits per heavy atom. The maximum atomic E-state index is 14.6. The normalized spacial score (nSPS) is 27.0. The highest BCUT2D eigenvalue weighted by molar-refractivity contribution is 5.98. The van der Waals surface area contributed by atoms with Crippen LogP contribution in [0.4, 0.5) is 0 Å². The Morgan fingerprint density at radius 1 is 1.19 bits per heavy atom. The van der Waals surface area contributed by atoms with Gasteiger partial charge in [0.25, 0.3) is 0 Å². The summed E-state index contributed by atoms with van der Waals surface area (Å²) in [4.78, 5) is 59.3. The quantitative estimate of drug-likeness (QED) is 0.179. The van der Waals surface area contributed by atoms with Gasteiger partial charge in [0.1, 0.15) is 17.7 Å². The third-order valence-electron chi connectivity index (χ3n) is 10.3. The van der Waals surface area contributed by atoms with Crippen LogP contribution in [-0.4, -0.2) is 88.1 Å². The molecule has 3 heterocycles. The number of fused-ring (bicyclic) bond motifs is 1. The van der Waals surface area contributed by atoms with E-state index in [-0.39, 0.29) is 36.7 Å². The summed E-state index contributed by atoms with van der Waals surface area (Å²) in [6.07, 6.45) is 6.00. The third kappa shape index (κ3) is 7.18. The van der Waals surface area contributed by atoms with E-state index in [1.807, 2.05) is 44.2 Å². The summed E-state index contributed by atoms with van der Waals surface area (Å²) in [7, 11) is 0. The number of hydrogen-bond donors (Lipinski definition) is 2. The van der Waals surface area contributed by atoms with Crippen molar-refractivity contribution in [3.05, 3.63) is 61.2 Å². The molecule has 10 nitrogen and oxygen atoms in total. The number of hydrogen-bond acceptors (Lipinski definition) is 7. The van der Waals surface area contributed by atoms with E-state index in [1.54, 1.807) is 28.9 Å². The van der Waals surface area contributed by atoms with Crippen LogP contribution >= 0.6 is 0 Å². The Balaban J connectivity index is 1.71. The number of likely N-dealkylation sites (tertiary alicyclic amines) is 1. The van der Waals surface area contributed by atoms with Gasteiger partial charge in [-0.05, 0) is 44.1 Å². The molecule has 4 rings (SSSR count). The summed E-state index contributed by atoms with van der Waals surface area (Å²) in [5.74, 6) is -3.37. The van der Waals surface area contributed by atoms with E-state index in [1.165, 1.54) is 0 Å². The van der Waals surface area contributed by atoms with Crippen LogP contribution in [0.25, 0.3) is 0 Å². The summed E-state index contributed by atoms with van der Waals surface area (Å²) in [6.45, 7) is 15.8. The highest BCUT2D eigenvalue weighted by atomic mass is 16.6. The van der Waals surface area contributed by atoms with Crippen LogP contribution in [0.5, 0.6) is 0 Å². The lowest BCUT2D eigenvalue weighted by Gasteiger charge is -2.41. The Bertz CT molecular complexity index is 1290. The fourth-order valence-corrected chi connectivity index (χ4v) is 7.72. The van der Waals surface area contributed by atoms with Crippen molar-refractivity contribution < 1.29 is 33.8 Å². The first-order valence-corrected chi connectivity index (χ1v) is 17.3. The van der Waals surface area contributed by atoms with E-state index in [9.17, 15) is 24.3 Å². The fourth-order valence-electron chi connectivity index (χ4n) is 7.72. The molecule has 1 aromatic rings. The number of esters is 1. The van der Waals surface area contributed by atoms with Crippen molar-refractivity contribution in [1.29, 1.82) is 0 Å². The zero-order chi connectivity index (χ0) is 34.3. The predicted octanol–water partition coefficient (Wildman–Crippen LogP) is 4.34. The molecule has 47 heavy (non-hydrogen) atoms. The Morgan fingerprint density at radius 2 is 1.91 bits per heavy atom. The molecule has 1 aromatic carbocycles. The first kappa shape index (κ1) is 36.3. The van der Waals surface area contributed by atoms with E-state index in [0.717, 1.165) is 12.8 Å². The van der Waals surface area contributed by atoms with Crippen molar-refractivity contribution >= 4 is 23.7 Å². The molecule has 0 unspecified atom stereocenters. The molecule has 0 radical (unpaired) electrons. The van der Waals surface area contributed by atoms with E-state index >= 15 is 0 Å². The van der Waals surface area contributed by atoms with Gasteiger partial charge in [0.2, 0.25) is 17.7 Å². The zero-order valence-corrected chi connectivity index (χ0v) is 28.4. The monoisotopic (exact) mass is 651 g/mol.